The Balaban J connectivity index is 1.68. The number of hydrogen-bond donors (Lipinski definition) is 1. The lowest BCUT2D eigenvalue weighted by Gasteiger charge is -2.49. The third-order valence-corrected chi connectivity index (χ3v) is 5.65. The molecule has 1 N–H and O–H groups in total. The number of β-amino-alcohol motifs (C(OH)–C–C–N with tert-alkyl or cyclic N) is 1. The second-order valence-electron chi connectivity index (χ2n) is 6.64. The highest BCUT2D eigenvalue weighted by Gasteiger charge is 2.42. The normalized spacial score (nSPS) is 24.0. The largest absolute Gasteiger partial charge is 0.391 e. The van der Waals surface area contributed by atoms with Crippen molar-refractivity contribution in [1.82, 2.24) is 14.9 Å². The molecule has 2 saturated heterocycles. The number of carbonyl (C=O) groups is 1. The predicted octanol–water partition coefficient (Wildman–Crippen LogP) is 1.40. The quantitative estimate of drug-likeness (QED) is 0.650. The van der Waals surface area contributed by atoms with Gasteiger partial charge in [0, 0.05) is 39.3 Å². The molecule has 0 radical (unpaired) electrons. The molecule has 3 heterocycles. The molecule has 2 aliphatic rings. The summed E-state index contributed by atoms with van der Waals surface area (Å²) in [6.45, 7) is 4.56. The van der Waals surface area contributed by atoms with Gasteiger partial charge >= 0.3 is 0 Å². The third-order valence-electron chi connectivity index (χ3n) is 5.00. The van der Waals surface area contributed by atoms with Crippen molar-refractivity contribution in [2.45, 2.75) is 37.3 Å². The summed E-state index contributed by atoms with van der Waals surface area (Å²) in [7, 11) is 0. The van der Waals surface area contributed by atoms with Crippen LogP contribution in [0.4, 0.5) is 5.95 Å². The Morgan fingerprint density at radius 3 is 2.83 bits per heavy atom. The number of hydrogen-bond acceptors (Lipinski definition) is 6. The summed E-state index contributed by atoms with van der Waals surface area (Å²) < 4.78 is 0. The molecule has 1 unspecified atom stereocenters. The fraction of sp³-hybridized carbons (Fsp3) is 0.688. The minimum absolute atomic E-state index is 0.0386. The van der Waals surface area contributed by atoms with Gasteiger partial charge in [0.05, 0.1) is 6.10 Å². The Hall–Kier alpha value is -1.34. The number of aliphatic hydroxyl groups excluding tert-OH is 1. The zero-order valence-electron chi connectivity index (χ0n) is 13.7. The SMILES string of the molecule is CSc1ccnc(N2CCC3(CC2)CC(O)CN(C(C)=O)C3)n1. The van der Waals surface area contributed by atoms with Gasteiger partial charge in [-0.3, -0.25) is 4.79 Å². The van der Waals surface area contributed by atoms with Crippen LogP contribution in [-0.4, -0.2) is 64.4 Å². The van der Waals surface area contributed by atoms with E-state index >= 15 is 0 Å². The molecule has 0 saturated carbocycles. The number of nitrogens with zero attached hydrogens (tertiary/aromatic N) is 4. The molecule has 0 bridgehead atoms. The number of thioether (sulfide) groups is 1. The fourth-order valence-electron chi connectivity index (χ4n) is 3.73. The van der Waals surface area contributed by atoms with Crippen LogP contribution in [0.3, 0.4) is 0 Å². The lowest BCUT2D eigenvalue weighted by molar-refractivity contribution is -0.137. The van der Waals surface area contributed by atoms with Crippen molar-refractivity contribution < 1.29 is 9.90 Å². The molecule has 23 heavy (non-hydrogen) atoms. The molecule has 3 rings (SSSR count). The Morgan fingerprint density at radius 2 is 2.17 bits per heavy atom. The predicted molar refractivity (Wildman–Crippen MR) is 90.6 cm³/mol. The first-order valence-electron chi connectivity index (χ1n) is 8.07. The Kier molecular flexibility index (Phi) is 4.77. The van der Waals surface area contributed by atoms with E-state index in [4.69, 9.17) is 0 Å². The minimum Gasteiger partial charge on any atom is -0.391 e. The number of rotatable bonds is 2. The monoisotopic (exact) mass is 336 g/mol. The summed E-state index contributed by atoms with van der Waals surface area (Å²) in [5, 5.41) is 11.1. The second kappa shape index (κ2) is 6.65. The van der Waals surface area contributed by atoms with Crippen molar-refractivity contribution in [1.29, 1.82) is 0 Å². The molecule has 126 valence electrons. The summed E-state index contributed by atoms with van der Waals surface area (Å²) in [4.78, 5) is 24.7. The highest BCUT2D eigenvalue weighted by Crippen LogP contribution is 2.40. The van der Waals surface area contributed by atoms with Crippen LogP contribution in [0.15, 0.2) is 17.3 Å². The molecule has 0 aliphatic carbocycles. The van der Waals surface area contributed by atoms with E-state index in [0.29, 0.717) is 6.54 Å². The first-order valence-corrected chi connectivity index (χ1v) is 9.29. The number of piperidine rings is 2. The van der Waals surface area contributed by atoms with Crippen LogP contribution in [0.25, 0.3) is 0 Å². The van der Waals surface area contributed by atoms with Crippen molar-refractivity contribution in [2.75, 3.05) is 37.3 Å². The average molecular weight is 336 g/mol. The van der Waals surface area contributed by atoms with E-state index in [2.05, 4.69) is 14.9 Å². The van der Waals surface area contributed by atoms with E-state index in [-0.39, 0.29) is 11.3 Å². The van der Waals surface area contributed by atoms with Gasteiger partial charge in [0.15, 0.2) is 0 Å². The van der Waals surface area contributed by atoms with Crippen LogP contribution in [-0.2, 0) is 4.79 Å². The van der Waals surface area contributed by atoms with Gasteiger partial charge in [-0.05, 0) is 37.0 Å². The topological polar surface area (TPSA) is 69.6 Å². The highest BCUT2D eigenvalue weighted by atomic mass is 32.2. The summed E-state index contributed by atoms with van der Waals surface area (Å²) in [6, 6.07) is 1.92. The molecular weight excluding hydrogens is 312 g/mol. The van der Waals surface area contributed by atoms with Gasteiger partial charge in [-0.1, -0.05) is 0 Å². The maximum absolute atomic E-state index is 11.7. The summed E-state index contributed by atoms with van der Waals surface area (Å²) in [5.41, 5.74) is 0.0386. The molecule has 1 aromatic heterocycles. The Labute approximate surface area is 141 Å². The lowest BCUT2D eigenvalue weighted by Crippen LogP contribution is -2.55. The van der Waals surface area contributed by atoms with E-state index in [0.717, 1.165) is 49.9 Å². The van der Waals surface area contributed by atoms with Crippen molar-refractivity contribution >= 4 is 23.6 Å². The maximum atomic E-state index is 11.7. The van der Waals surface area contributed by atoms with E-state index in [1.165, 1.54) is 0 Å². The van der Waals surface area contributed by atoms with Crippen molar-refractivity contribution in [3.05, 3.63) is 12.3 Å². The summed E-state index contributed by atoms with van der Waals surface area (Å²) in [6.07, 6.45) is 6.12. The van der Waals surface area contributed by atoms with Crippen molar-refractivity contribution in [3.63, 3.8) is 0 Å². The molecule has 7 heteroatoms. The molecule has 1 amide bonds. The number of amides is 1. The molecule has 2 fully saturated rings. The van der Waals surface area contributed by atoms with Gasteiger partial charge in [0.2, 0.25) is 11.9 Å². The van der Waals surface area contributed by atoms with Crippen LogP contribution in [0, 0.1) is 5.41 Å². The Morgan fingerprint density at radius 1 is 1.43 bits per heavy atom. The molecule has 0 aromatic carbocycles. The molecule has 2 aliphatic heterocycles. The zero-order chi connectivity index (χ0) is 16.4. The van der Waals surface area contributed by atoms with Gasteiger partial charge in [0.25, 0.3) is 0 Å². The van der Waals surface area contributed by atoms with Crippen LogP contribution in [0.5, 0.6) is 0 Å². The smallest absolute Gasteiger partial charge is 0.226 e. The molecule has 1 spiro atoms. The fourth-order valence-corrected chi connectivity index (χ4v) is 4.10. The molecule has 6 nitrogen and oxygen atoms in total. The third kappa shape index (κ3) is 3.61. The molecular formula is C16H24N4O2S. The van der Waals surface area contributed by atoms with Crippen molar-refractivity contribution in [2.24, 2.45) is 5.41 Å². The maximum Gasteiger partial charge on any atom is 0.226 e. The number of likely N-dealkylation sites (tertiary alicyclic amines) is 1. The number of carbonyl (C=O) groups excluding carboxylic acids is 1. The van der Waals surface area contributed by atoms with E-state index in [1.807, 2.05) is 12.3 Å². The number of anilines is 1. The van der Waals surface area contributed by atoms with Crippen LogP contribution < -0.4 is 4.90 Å². The molecule has 1 atom stereocenters. The lowest BCUT2D eigenvalue weighted by atomic mass is 9.71. The van der Waals surface area contributed by atoms with E-state index < -0.39 is 6.10 Å². The van der Waals surface area contributed by atoms with E-state index in [1.54, 1.807) is 29.8 Å². The highest BCUT2D eigenvalue weighted by molar-refractivity contribution is 7.98. The first kappa shape index (κ1) is 16.5. The van der Waals surface area contributed by atoms with Gasteiger partial charge in [-0.2, -0.15) is 0 Å². The van der Waals surface area contributed by atoms with E-state index in [9.17, 15) is 9.90 Å². The van der Waals surface area contributed by atoms with Crippen LogP contribution >= 0.6 is 11.8 Å². The number of aliphatic hydroxyl groups is 1. The summed E-state index contributed by atoms with van der Waals surface area (Å²) in [5.74, 6) is 0.841. The zero-order valence-corrected chi connectivity index (χ0v) is 14.6. The Bertz CT molecular complexity index is 575. The minimum atomic E-state index is -0.407. The second-order valence-corrected chi connectivity index (χ2v) is 7.47. The first-order chi connectivity index (χ1) is 11.0. The summed E-state index contributed by atoms with van der Waals surface area (Å²) >= 11 is 1.62. The van der Waals surface area contributed by atoms with Crippen LogP contribution in [0.1, 0.15) is 26.2 Å². The van der Waals surface area contributed by atoms with Crippen LogP contribution in [0.2, 0.25) is 0 Å². The van der Waals surface area contributed by atoms with Crippen molar-refractivity contribution in [3.8, 4) is 0 Å². The number of aromatic nitrogens is 2. The van der Waals surface area contributed by atoms with Gasteiger partial charge in [0.1, 0.15) is 5.03 Å². The standard InChI is InChI=1S/C16H24N4O2S/c1-12(21)20-10-13(22)9-16(11-20)4-7-19(8-5-16)15-17-6-3-14(18-15)23-2/h3,6,13,22H,4-5,7-11H2,1-2H3. The average Bonchev–Trinajstić information content (AvgIpc) is 2.55. The van der Waals surface area contributed by atoms with Gasteiger partial charge in [-0.15, -0.1) is 11.8 Å². The van der Waals surface area contributed by atoms with Gasteiger partial charge in [-0.25, -0.2) is 9.97 Å². The molecule has 1 aromatic rings. The van der Waals surface area contributed by atoms with Gasteiger partial charge < -0.3 is 14.9 Å².